The molecule has 84 valence electrons. The number of esters is 1. The molecule has 1 aromatic heterocycles. The zero-order valence-corrected chi connectivity index (χ0v) is 9.43. The van der Waals surface area contributed by atoms with Gasteiger partial charge in [-0.25, -0.2) is 9.78 Å². The highest BCUT2D eigenvalue weighted by molar-refractivity contribution is 5.93. The molecule has 4 heteroatoms. The van der Waals surface area contributed by atoms with E-state index in [-0.39, 0.29) is 5.97 Å². The summed E-state index contributed by atoms with van der Waals surface area (Å²) in [5.41, 5.74) is 2.42. The van der Waals surface area contributed by atoms with Crippen molar-refractivity contribution in [2.24, 2.45) is 0 Å². The number of carbonyl (C=O) groups excluding carboxylic acids is 1. The summed E-state index contributed by atoms with van der Waals surface area (Å²) < 4.78 is 6.75. The zero-order chi connectivity index (χ0) is 11.5. The van der Waals surface area contributed by atoms with Gasteiger partial charge in [0.1, 0.15) is 0 Å². The number of rotatable bonds is 3. The van der Waals surface area contributed by atoms with E-state index in [1.807, 2.05) is 6.07 Å². The van der Waals surface area contributed by atoms with Crippen LogP contribution in [0.4, 0.5) is 0 Å². The molecule has 0 fully saturated rings. The minimum atomic E-state index is -0.327. The van der Waals surface area contributed by atoms with Gasteiger partial charge in [-0.1, -0.05) is 6.92 Å². The van der Waals surface area contributed by atoms with E-state index in [2.05, 4.69) is 21.2 Å². The average Bonchev–Trinajstić information content (AvgIpc) is 2.71. The zero-order valence-electron chi connectivity index (χ0n) is 9.43. The van der Waals surface area contributed by atoms with Crippen molar-refractivity contribution in [1.29, 1.82) is 0 Å². The number of carbonyl (C=O) groups is 1. The standard InChI is InChI=1S/C12H14N2O2/c1-3-6-14-8-13-10-7-9(12(15)16-2)4-5-11(10)14/h4-5,7-8H,3,6H2,1-2H3. The van der Waals surface area contributed by atoms with E-state index in [0.717, 1.165) is 24.0 Å². The number of aryl methyl sites for hydroxylation is 1. The number of ether oxygens (including phenoxy) is 1. The Balaban J connectivity index is 2.44. The topological polar surface area (TPSA) is 44.1 Å². The molecule has 2 rings (SSSR count). The molecule has 0 amide bonds. The van der Waals surface area contributed by atoms with Crippen LogP contribution in [0, 0.1) is 0 Å². The number of fused-ring (bicyclic) bond motifs is 1. The van der Waals surface area contributed by atoms with Crippen molar-refractivity contribution >= 4 is 17.0 Å². The summed E-state index contributed by atoms with van der Waals surface area (Å²) in [4.78, 5) is 15.6. The molecule has 2 aromatic rings. The first-order chi connectivity index (χ1) is 7.76. The van der Waals surface area contributed by atoms with E-state index in [0.29, 0.717) is 5.56 Å². The van der Waals surface area contributed by atoms with Gasteiger partial charge in [0.15, 0.2) is 0 Å². The Morgan fingerprint density at radius 1 is 1.50 bits per heavy atom. The average molecular weight is 218 g/mol. The van der Waals surface area contributed by atoms with E-state index >= 15 is 0 Å². The van der Waals surface area contributed by atoms with Gasteiger partial charge < -0.3 is 9.30 Å². The van der Waals surface area contributed by atoms with Gasteiger partial charge >= 0.3 is 5.97 Å². The number of imidazole rings is 1. The molecular formula is C12H14N2O2. The van der Waals surface area contributed by atoms with Crippen LogP contribution in [0.15, 0.2) is 24.5 Å². The summed E-state index contributed by atoms with van der Waals surface area (Å²) in [7, 11) is 1.38. The third kappa shape index (κ3) is 1.78. The molecule has 1 aromatic carbocycles. The summed E-state index contributed by atoms with van der Waals surface area (Å²) in [5.74, 6) is -0.327. The quantitative estimate of drug-likeness (QED) is 0.742. The van der Waals surface area contributed by atoms with Gasteiger partial charge in [0, 0.05) is 6.54 Å². The SMILES string of the molecule is CCCn1cnc2cc(C(=O)OC)ccc21. The van der Waals surface area contributed by atoms with Crippen molar-refractivity contribution in [1.82, 2.24) is 9.55 Å². The first-order valence-electron chi connectivity index (χ1n) is 5.29. The lowest BCUT2D eigenvalue weighted by Gasteiger charge is -2.02. The fraction of sp³-hybridized carbons (Fsp3) is 0.333. The number of benzene rings is 1. The first kappa shape index (κ1) is 10.7. The molecule has 0 N–H and O–H groups in total. The summed E-state index contributed by atoms with van der Waals surface area (Å²) in [5, 5.41) is 0. The molecule has 0 saturated heterocycles. The Bertz CT molecular complexity index is 517. The summed E-state index contributed by atoms with van der Waals surface area (Å²) in [6, 6.07) is 5.43. The Hall–Kier alpha value is -1.84. The van der Waals surface area contributed by atoms with Crippen molar-refractivity contribution < 1.29 is 9.53 Å². The van der Waals surface area contributed by atoms with E-state index in [4.69, 9.17) is 0 Å². The van der Waals surface area contributed by atoms with Gasteiger partial charge in [0.2, 0.25) is 0 Å². The predicted molar refractivity (Wildman–Crippen MR) is 61.4 cm³/mol. The summed E-state index contributed by atoms with van der Waals surface area (Å²) in [6.07, 6.45) is 2.86. The molecule has 0 saturated carbocycles. The summed E-state index contributed by atoms with van der Waals surface area (Å²) >= 11 is 0. The Labute approximate surface area is 93.9 Å². The van der Waals surface area contributed by atoms with Gasteiger partial charge in [-0.05, 0) is 24.6 Å². The Kier molecular flexibility index (Phi) is 2.90. The second kappa shape index (κ2) is 4.35. The molecule has 1 heterocycles. The highest BCUT2D eigenvalue weighted by Crippen LogP contribution is 2.15. The fourth-order valence-corrected chi connectivity index (χ4v) is 1.73. The molecule has 16 heavy (non-hydrogen) atoms. The van der Waals surface area contributed by atoms with Gasteiger partial charge in [0.05, 0.1) is 30.0 Å². The molecule has 0 radical (unpaired) electrons. The van der Waals surface area contributed by atoms with Crippen LogP contribution >= 0.6 is 0 Å². The van der Waals surface area contributed by atoms with Crippen molar-refractivity contribution in [3.63, 3.8) is 0 Å². The highest BCUT2D eigenvalue weighted by atomic mass is 16.5. The maximum absolute atomic E-state index is 11.3. The van der Waals surface area contributed by atoms with E-state index in [1.54, 1.807) is 18.5 Å². The number of nitrogens with zero attached hydrogens (tertiary/aromatic N) is 2. The fourth-order valence-electron chi connectivity index (χ4n) is 1.73. The molecule has 0 aliphatic carbocycles. The lowest BCUT2D eigenvalue weighted by atomic mass is 10.2. The number of hydrogen-bond donors (Lipinski definition) is 0. The van der Waals surface area contributed by atoms with Crippen molar-refractivity contribution in [3.8, 4) is 0 Å². The van der Waals surface area contributed by atoms with Crippen LogP contribution in [-0.2, 0) is 11.3 Å². The van der Waals surface area contributed by atoms with E-state index < -0.39 is 0 Å². The van der Waals surface area contributed by atoms with Gasteiger partial charge in [-0.3, -0.25) is 0 Å². The van der Waals surface area contributed by atoms with Crippen LogP contribution in [-0.4, -0.2) is 22.6 Å². The maximum atomic E-state index is 11.3. The third-order valence-corrected chi connectivity index (χ3v) is 2.51. The molecule has 0 atom stereocenters. The molecule has 0 bridgehead atoms. The van der Waals surface area contributed by atoms with Crippen LogP contribution < -0.4 is 0 Å². The predicted octanol–water partition coefficient (Wildman–Crippen LogP) is 2.23. The molecule has 0 spiro atoms. The number of aromatic nitrogens is 2. The smallest absolute Gasteiger partial charge is 0.337 e. The first-order valence-corrected chi connectivity index (χ1v) is 5.29. The second-order valence-corrected chi connectivity index (χ2v) is 3.63. The molecular weight excluding hydrogens is 204 g/mol. The lowest BCUT2D eigenvalue weighted by Crippen LogP contribution is -2.01. The second-order valence-electron chi connectivity index (χ2n) is 3.63. The molecule has 0 aliphatic heterocycles. The summed E-state index contributed by atoms with van der Waals surface area (Å²) in [6.45, 7) is 3.06. The number of hydrogen-bond acceptors (Lipinski definition) is 3. The largest absolute Gasteiger partial charge is 0.465 e. The Morgan fingerprint density at radius 3 is 3.00 bits per heavy atom. The minimum Gasteiger partial charge on any atom is -0.465 e. The Morgan fingerprint density at radius 2 is 2.31 bits per heavy atom. The van der Waals surface area contributed by atoms with E-state index in [1.165, 1.54) is 7.11 Å². The molecule has 0 unspecified atom stereocenters. The third-order valence-electron chi connectivity index (χ3n) is 2.51. The normalized spacial score (nSPS) is 10.6. The van der Waals surface area contributed by atoms with E-state index in [9.17, 15) is 4.79 Å². The van der Waals surface area contributed by atoms with Crippen LogP contribution in [0.3, 0.4) is 0 Å². The van der Waals surface area contributed by atoms with Crippen LogP contribution in [0.5, 0.6) is 0 Å². The molecule has 0 aliphatic rings. The highest BCUT2D eigenvalue weighted by Gasteiger charge is 2.08. The van der Waals surface area contributed by atoms with Crippen LogP contribution in [0.1, 0.15) is 23.7 Å². The number of methoxy groups -OCH3 is 1. The van der Waals surface area contributed by atoms with Crippen LogP contribution in [0.25, 0.3) is 11.0 Å². The lowest BCUT2D eigenvalue weighted by molar-refractivity contribution is 0.0601. The minimum absolute atomic E-state index is 0.327. The van der Waals surface area contributed by atoms with Gasteiger partial charge in [-0.15, -0.1) is 0 Å². The monoisotopic (exact) mass is 218 g/mol. The van der Waals surface area contributed by atoms with Gasteiger partial charge in [0.25, 0.3) is 0 Å². The van der Waals surface area contributed by atoms with Crippen molar-refractivity contribution in [3.05, 3.63) is 30.1 Å². The maximum Gasteiger partial charge on any atom is 0.337 e. The van der Waals surface area contributed by atoms with Crippen LogP contribution in [0.2, 0.25) is 0 Å². The van der Waals surface area contributed by atoms with Gasteiger partial charge in [-0.2, -0.15) is 0 Å². The molecule has 4 nitrogen and oxygen atoms in total. The van der Waals surface area contributed by atoms with Crippen molar-refractivity contribution in [2.75, 3.05) is 7.11 Å². The van der Waals surface area contributed by atoms with Crippen molar-refractivity contribution in [2.45, 2.75) is 19.9 Å².